The first-order chi connectivity index (χ1) is 13.0. The summed E-state index contributed by atoms with van der Waals surface area (Å²) in [7, 11) is 0. The second-order valence-electron chi connectivity index (χ2n) is 7.84. The van der Waals surface area contributed by atoms with Crippen LogP contribution < -0.4 is 0 Å². The maximum atomic E-state index is 12.8. The molecule has 6 nitrogen and oxygen atoms in total. The molecule has 6 heteroatoms. The first kappa shape index (κ1) is 19.8. The van der Waals surface area contributed by atoms with Gasteiger partial charge >= 0.3 is 0 Å². The summed E-state index contributed by atoms with van der Waals surface area (Å²) in [6, 6.07) is 1.91. The molecule has 0 radical (unpaired) electrons. The van der Waals surface area contributed by atoms with Gasteiger partial charge in [0.05, 0.1) is 12.1 Å². The second kappa shape index (κ2) is 9.31. The Labute approximate surface area is 162 Å². The first-order valence-electron chi connectivity index (χ1n) is 10.3. The summed E-state index contributed by atoms with van der Waals surface area (Å²) in [4.78, 5) is 36.0. The molecule has 1 aromatic rings. The molecule has 2 aliphatic heterocycles. The number of hydrogen-bond donors (Lipinski definition) is 0. The van der Waals surface area contributed by atoms with Crippen LogP contribution >= 0.6 is 0 Å². The smallest absolute Gasteiger partial charge is 0.255 e. The molecule has 0 aliphatic carbocycles. The number of aromatic nitrogens is 1. The predicted octanol–water partition coefficient (Wildman–Crippen LogP) is 2.25. The largest absolute Gasteiger partial charge is 0.340 e. The van der Waals surface area contributed by atoms with Gasteiger partial charge in [0.25, 0.3) is 5.91 Å². The number of amides is 2. The molecule has 0 N–H and O–H groups in total. The number of hydrogen-bond acceptors (Lipinski definition) is 4. The van der Waals surface area contributed by atoms with Gasteiger partial charge in [-0.3, -0.25) is 19.5 Å². The van der Waals surface area contributed by atoms with Crippen LogP contribution in [0, 0.1) is 13.8 Å². The van der Waals surface area contributed by atoms with Crippen LogP contribution in [0.5, 0.6) is 0 Å². The van der Waals surface area contributed by atoms with Gasteiger partial charge in [0.2, 0.25) is 5.91 Å². The predicted molar refractivity (Wildman–Crippen MR) is 106 cm³/mol. The lowest BCUT2D eigenvalue weighted by Crippen LogP contribution is -2.42. The lowest BCUT2D eigenvalue weighted by molar-refractivity contribution is -0.132. The van der Waals surface area contributed by atoms with Crippen LogP contribution in [0.25, 0.3) is 0 Å². The monoisotopic (exact) mass is 372 g/mol. The number of nitrogens with zero attached hydrogens (tertiary/aromatic N) is 4. The molecule has 0 saturated carbocycles. The van der Waals surface area contributed by atoms with Gasteiger partial charge in [-0.1, -0.05) is 12.8 Å². The van der Waals surface area contributed by atoms with Gasteiger partial charge in [-0.15, -0.1) is 0 Å². The fourth-order valence-corrected chi connectivity index (χ4v) is 3.90. The van der Waals surface area contributed by atoms with E-state index >= 15 is 0 Å². The molecule has 3 heterocycles. The molecule has 2 aliphatic rings. The van der Waals surface area contributed by atoms with Crippen molar-refractivity contribution in [3.8, 4) is 0 Å². The van der Waals surface area contributed by atoms with E-state index in [1.165, 1.54) is 25.7 Å². The standard InChI is InChI=1S/C21H32N4O2/c1-17-14-19(15-22-18(17)2)21(27)25-11-7-10-24(12-13-25)20(26)16-23-8-5-3-4-6-9-23/h14-15H,3-13,16H2,1-2H3. The summed E-state index contributed by atoms with van der Waals surface area (Å²) in [6.45, 7) is 9.16. The van der Waals surface area contributed by atoms with E-state index in [4.69, 9.17) is 0 Å². The highest BCUT2D eigenvalue weighted by Crippen LogP contribution is 2.13. The Kier molecular flexibility index (Phi) is 6.83. The van der Waals surface area contributed by atoms with E-state index in [1.54, 1.807) is 6.20 Å². The molecule has 148 valence electrons. The zero-order valence-electron chi connectivity index (χ0n) is 16.7. The Hall–Kier alpha value is -1.95. The van der Waals surface area contributed by atoms with E-state index in [9.17, 15) is 9.59 Å². The van der Waals surface area contributed by atoms with E-state index in [0.29, 0.717) is 31.7 Å². The van der Waals surface area contributed by atoms with Crippen LogP contribution in [0.4, 0.5) is 0 Å². The molecule has 0 bridgehead atoms. The van der Waals surface area contributed by atoms with Crippen LogP contribution in [0.3, 0.4) is 0 Å². The van der Waals surface area contributed by atoms with Crippen molar-refractivity contribution >= 4 is 11.8 Å². The molecule has 0 unspecified atom stereocenters. The van der Waals surface area contributed by atoms with Crippen LogP contribution in [-0.2, 0) is 4.79 Å². The number of carbonyl (C=O) groups is 2. The maximum absolute atomic E-state index is 12.8. The summed E-state index contributed by atoms with van der Waals surface area (Å²) in [5.74, 6) is 0.228. The average Bonchev–Trinajstić information content (AvgIpc) is 3.06. The fraction of sp³-hybridized carbons (Fsp3) is 0.667. The van der Waals surface area contributed by atoms with Crippen LogP contribution in [0.1, 0.15) is 53.7 Å². The van der Waals surface area contributed by atoms with Crippen molar-refractivity contribution in [3.05, 3.63) is 29.1 Å². The quantitative estimate of drug-likeness (QED) is 0.817. The average molecular weight is 373 g/mol. The zero-order valence-corrected chi connectivity index (χ0v) is 16.7. The highest BCUT2D eigenvalue weighted by atomic mass is 16.2. The number of rotatable bonds is 3. The summed E-state index contributed by atoms with van der Waals surface area (Å²) in [5, 5.41) is 0. The van der Waals surface area contributed by atoms with Crippen molar-refractivity contribution in [2.45, 2.75) is 46.0 Å². The minimum absolute atomic E-state index is 0.0208. The third kappa shape index (κ3) is 5.28. The number of likely N-dealkylation sites (tertiary alicyclic amines) is 1. The number of pyridine rings is 1. The van der Waals surface area contributed by atoms with Gasteiger partial charge in [0.15, 0.2) is 0 Å². The molecule has 27 heavy (non-hydrogen) atoms. The highest BCUT2D eigenvalue weighted by Gasteiger charge is 2.24. The van der Waals surface area contributed by atoms with Crippen molar-refractivity contribution in [3.63, 3.8) is 0 Å². The van der Waals surface area contributed by atoms with Crippen molar-refractivity contribution in [2.24, 2.45) is 0 Å². The van der Waals surface area contributed by atoms with Crippen molar-refractivity contribution in [2.75, 3.05) is 45.8 Å². The molecule has 0 spiro atoms. The van der Waals surface area contributed by atoms with E-state index in [-0.39, 0.29) is 11.8 Å². The molecule has 2 fully saturated rings. The normalized spacial score (nSPS) is 19.5. The molecule has 0 atom stereocenters. The number of aryl methyl sites for hydroxylation is 2. The third-order valence-electron chi connectivity index (χ3n) is 5.78. The van der Waals surface area contributed by atoms with Crippen molar-refractivity contribution in [1.82, 2.24) is 19.7 Å². The SMILES string of the molecule is Cc1cc(C(=O)N2CCCN(C(=O)CN3CCCCCC3)CC2)cnc1C. The molecule has 1 aromatic heterocycles. The summed E-state index contributed by atoms with van der Waals surface area (Å²) < 4.78 is 0. The van der Waals surface area contributed by atoms with E-state index in [2.05, 4.69) is 9.88 Å². The Balaban J connectivity index is 1.55. The third-order valence-corrected chi connectivity index (χ3v) is 5.78. The Morgan fingerprint density at radius 2 is 1.56 bits per heavy atom. The maximum Gasteiger partial charge on any atom is 0.255 e. The van der Waals surface area contributed by atoms with E-state index in [1.807, 2.05) is 29.7 Å². The fourth-order valence-electron chi connectivity index (χ4n) is 3.90. The molecule has 2 saturated heterocycles. The van der Waals surface area contributed by atoms with Crippen molar-refractivity contribution in [1.29, 1.82) is 0 Å². The second-order valence-corrected chi connectivity index (χ2v) is 7.84. The lowest BCUT2D eigenvalue weighted by atomic mass is 10.1. The summed E-state index contributed by atoms with van der Waals surface area (Å²) in [5.41, 5.74) is 2.63. The molecule has 0 aromatic carbocycles. The van der Waals surface area contributed by atoms with E-state index in [0.717, 1.165) is 37.3 Å². The van der Waals surface area contributed by atoms with Crippen LogP contribution in [0.2, 0.25) is 0 Å². The minimum atomic E-state index is 0.0208. The lowest BCUT2D eigenvalue weighted by Gasteiger charge is -2.26. The summed E-state index contributed by atoms with van der Waals surface area (Å²) >= 11 is 0. The Morgan fingerprint density at radius 1 is 0.889 bits per heavy atom. The number of carbonyl (C=O) groups excluding carboxylic acids is 2. The van der Waals surface area contributed by atoms with Gasteiger partial charge in [0.1, 0.15) is 0 Å². The van der Waals surface area contributed by atoms with Gasteiger partial charge in [-0.2, -0.15) is 0 Å². The minimum Gasteiger partial charge on any atom is -0.340 e. The Morgan fingerprint density at radius 3 is 2.26 bits per heavy atom. The van der Waals surface area contributed by atoms with Gasteiger partial charge in [-0.25, -0.2) is 0 Å². The van der Waals surface area contributed by atoms with Gasteiger partial charge in [0, 0.05) is 38.1 Å². The highest BCUT2D eigenvalue weighted by molar-refractivity contribution is 5.94. The van der Waals surface area contributed by atoms with Gasteiger partial charge in [-0.05, 0) is 57.8 Å². The topological polar surface area (TPSA) is 56.8 Å². The molecule has 3 rings (SSSR count). The zero-order chi connectivity index (χ0) is 19.2. The molecular weight excluding hydrogens is 340 g/mol. The summed E-state index contributed by atoms with van der Waals surface area (Å²) in [6.07, 6.45) is 7.43. The van der Waals surface area contributed by atoms with Crippen molar-refractivity contribution < 1.29 is 9.59 Å². The van der Waals surface area contributed by atoms with Gasteiger partial charge < -0.3 is 9.80 Å². The van der Waals surface area contributed by atoms with E-state index < -0.39 is 0 Å². The van der Waals surface area contributed by atoms with Crippen LogP contribution in [-0.4, -0.2) is 77.3 Å². The molecule has 2 amide bonds. The Bertz CT molecular complexity index is 668. The molecular formula is C21H32N4O2. The van der Waals surface area contributed by atoms with Crippen LogP contribution in [0.15, 0.2) is 12.3 Å². The first-order valence-corrected chi connectivity index (χ1v) is 10.3.